The first-order valence-electron chi connectivity index (χ1n) is 3.03. The lowest BCUT2D eigenvalue weighted by molar-refractivity contribution is 0.268. The first kappa shape index (κ1) is 8.26. The molecule has 0 radical (unpaired) electrons. The van der Waals surface area contributed by atoms with Crippen LogP contribution in [-0.4, -0.2) is 11.2 Å². The van der Waals surface area contributed by atoms with Gasteiger partial charge in [-0.3, -0.25) is 0 Å². The lowest BCUT2D eigenvalue weighted by atomic mass is 10.1. The Morgan fingerprint density at radius 2 is 2.44 bits per heavy atom. The zero-order chi connectivity index (χ0) is 7.28. The lowest BCUT2D eigenvalue weighted by Crippen LogP contribution is -2.03. The summed E-state index contributed by atoms with van der Waals surface area (Å²) in [6, 6.07) is 0. The van der Waals surface area contributed by atoms with E-state index in [4.69, 9.17) is 11.5 Å². The van der Waals surface area contributed by atoms with E-state index in [1.165, 1.54) is 0 Å². The molecule has 1 heteroatoms. The zero-order valence-electron chi connectivity index (χ0n) is 5.89. The Morgan fingerprint density at radius 1 is 1.89 bits per heavy atom. The number of aliphatic hydroxyl groups excluding tert-OH is 1. The number of terminal acetylenes is 1. The second-order valence-electron chi connectivity index (χ2n) is 1.93. The monoisotopic (exact) mass is 124 g/mol. The second kappa shape index (κ2) is 4.17. The van der Waals surface area contributed by atoms with Crippen LogP contribution >= 0.6 is 0 Å². The van der Waals surface area contributed by atoms with Crippen LogP contribution in [-0.2, 0) is 0 Å². The number of rotatable bonds is 2. The molecule has 0 saturated carbocycles. The molecule has 1 atom stereocenters. The fourth-order valence-electron chi connectivity index (χ4n) is 0.565. The van der Waals surface area contributed by atoms with Gasteiger partial charge in [-0.25, -0.2) is 0 Å². The summed E-state index contributed by atoms with van der Waals surface area (Å²) in [6.45, 7) is 3.83. The summed E-state index contributed by atoms with van der Waals surface area (Å²) < 4.78 is 0. The van der Waals surface area contributed by atoms with Crippen molar-refractivity contribution in [1.29, 1.82) is 0 Å². The Labute approximate surface area is 56.4 Å². The van der Waals surface area contributed by atoms with Crippen molar-refractivity contribution in [3.63, 3.8) is 0 Å². The fourth-order valence-corrected chi connectivity index (χ4v) is 0.565. The molecule has 0 aromatic carbocycles. The third-order valence-corrected chi connectivity index (χ3v) is 1.12. The Balaban J connectivity index is 3.89. The van der Waals surface area contributed by atoms with Gasteiger partial charge in [-0.2, -0.15) is 0 Å². The molecule has 0 rings (SSSR count). The average molecular weight is 124 g/mol. The van der Waals surface area contributed by atoms with Crippen molar-refractivity contribution in [3.05, 3.63) is 11.6 Å². The maximum Gasteiger partial charge on any atom is 0.135 e. The Morgan fingerprint density at radius 3 is 2.78 bits per heavy atom. The van der Waals surface area contributed by atoms with E-state index in [1.54, 1.807) is 0 Å². The van der Waals surface area contributed by atoms with Gasteiger partial charge in [0.05, 0.1) is 0 Å². The van der Waals surface area contributed by atoms with Gasteiger partial charge in [0.15, 0.2) is 0 Å². The van der Waals surface area contributed by atoms with Crippen molar-refractivity contribution in [2.24, 2.45) is 0 Å². The third-order valence-electron chi connectivity index (χ3n) is 1.12. The molecule has 0 amide bonds. The minimum atomic E-state index is -0.690. The molecule has 1 nitrogen and oxygen atoms in total. The van der Waals surface area contributed by atoms with Crippen molar-refractivity contribution in [2.45, 2.75) is 26.4 Å². The molecule has 1 N–H and O–H groups in total. The van der Waals surface area contributed by atoms with E-state index in [9.17, 15) is 0 Å². The highest BCUT2D eigenvalue weighted by Gasteiger charge is 1.97. The molecule has 0 aliphatic rings. The normalized spacial score (nSPS) is 14.7. The number of allylic oxidation sites excluding steroid dienone is 1. The van der Waals surface area contributed by atoms with E-state index < -0.39 is 6.10 Å². The van der Waals surface area contributed by atoms with Gasteiger partial charge in [-0.15, -0.1) is 6.42 Å². The molecule has 1 unspecified atom stereocenters. The third kappa shape index (κ3) is 2.94. The second-order valence-corrected chi connectivity index (χ2v) is 1.93. The number of aliphatic hydroxyl groups is 1. The summed E-state index contributed by atoms with van der Waals surface area (Å²) in [7, 11) is 0. The highest BCUT2D eigenvalue weighted by Crippen LogP contribution is 2.00. The van der Waals surface area contributed by atoms with Gasteiger partial charge in [0.2, 0.25) is 0 Å². The minimum Gasteiger partial charge on any atom is -0.376 e. The molecule has 9 heavy (non-hydrogen) atoms. The quantitative estimate of drug-likeness (QED) is 0.435. The van der Waals surface area contributed by atoms with Crippen molar-refractivity contribution in [2.75, 3.05) is 0 Å². The molecule has 0 heterocycles. The first-order valence-corrected chi connectivity index (χ1v) is 3.03. The molecule has 0 fully saturated rings. The highest BCUT2D eigenvalue weighted by atomic mass is 16.3. The molecule has 0 aliphatic carbocycles. The maximum atomic E-state index is 8.95. The van der Waals surface area contributed by atoms with Crippen LogP contribution in [0.15, 0.2) is 11.6 Å². The van der Waals surface area contributed by atoms with Crippen molar-refractivity contribution in [3.8, 4) is 12.3 Å². The lowest BCUT2D eigenvalue weighted by Gasteiger charge is -2.00. The molecular formula is C8H12O. The van der Waals surface area contributed by atoms with Crippen molar-refractivity contribution in [1.82, 2.24) is 0 Å². The summed E-state index contributed by atoms with van der Waals surface area (Å²) in [5, 5.41) is 8.95. The predicted octanol–water partition coefficient (Wildman–Crippen LogP) is 1.34. The molecule has 0 aromatic heterocycles. The van der Waals surface area contributed by atoms with Gasteiger partial charge in [0, 0.05) is 0 Å². The van der Waals surface area contributed by atoms with Gasteiger partial charge < -0.3 is 5.11 Å². The van der Waals surface area contributed by atoms with Crippen LogP contribution in [0.1, 0.15) is 20.3 Å². The van der Waals surface area contributed by atoms with E-state index >= 15 is 0 Å². The van der Waals surface area contributed by atoms with Crippen LogP contribution in [0.2, 0.25) is 0 Å². The van der Waals surface area contributed by atoms with Gasteiger partial charge in [0.25, 0.3) is 0 Å². The summed E-state index contributed by atoms with van der Waals surface area (Å²) in [4.78, 5) is 0. The smallest absolute Gasteiger partial charge is 0.135 e. The Hall–Kier alpha value is -0.740. The van der Waals surface area contributed by atoms with Crippen LogP contribution in [0, 0.1) is 12.3 Å². The fraction of sp³-hybridized carbons (Fsp3) is 0.500. The summed E-state index contributed by atoms with van der Waals surface area (Å²) in [5.74, 6) is 2.24. The summed E-state index contributed by atoms with van der Waals surface area (Å²) in [5.41, 5.74) is 0.861. The van der Waals surface area contributed by atoms with Crippen LogP contribution in [0.5, 0.6) is 0 Å². The van der Waals surface area contributed by atoms with Crippen molar-refractivity contribution < 1.29 is 5.11 Å². The molecule has 0 bridgehead atoms. The van der Waals surface area contributed by atoms with Gasteiger partial charge in [-0.05, 0) is 18.9 Å². The maximum absolute atomic E-state index is 8.95. The largest absolute Gasteiger partial charge is 0.376 e. The molecule has 0 spiro atoms. The predicted molar refractivity (Wildman–Crippen MR) is 38.9 cm³/mol. The van der Waals surface area contributed by atoms with E-state index in [1.807, 2.05) is 19.9 Å². The minimum absolute atomic E-state index is 0.690. The zero-order valence-corrected chi connectivity index (χ0v) is 5.89. The molecule has 0 aliphatic heterocycles. The number of hydrogen-bond donors (Lipinski definition) is 1. The molecule has 0 saturated heterocycles. The van der Waals surface area contributed by atoms with E-state index in [0.29, 0.717) is 0 Å². The van der Waals surface area contributed by atoms with Gasteiger partial charge >= 0.3 is 0 Å². The highest BCUT2D eigenvalue weighted by molar-refractivity contribution is 5.15. The molecule has 0 aromatic rings. The SMILES string of the molecule is C#CC(O)/C(C)=C/CC. The Kier molecular flexibility index (Phi) is 3.83. The molecular weight excluding hydrogens is 112 g/mol. The average Bonchev–Trinajstić information content (AvgIpc) is 1.87. The van der Waals surface area contributed by atoms with Gasteiger partial charge in [-0.1, -0.05) is 18.9 Å². The Bertz CT molecular complexity index is 139. The van der Waals surface area contributed by atoms with E-state index in [0.717, 1.165) is 12.0 Å². The summed E-state index contributed by atoms with van der Waals surface area (Å²) >= 11 is 0. The van der Waals surface area contributed by atoms with Crippen LogP contribution in [0.4, 0.5) is 0 Å². The van der Waals surface area contributed by atoms with Gasteiger partial charge in [0.1, 0.15) is 6.10 Å². The molecule has 50 valence electrons. The van der Waals surface area contributed by atoms with Crippen LogP contribution in [0.3, 0.4) is 0 Å². The van der Waals surface area contributed by atoms with Crippen molar-refractivity contribution >= 4 is 0 Å². The first-order chi connectivity index (χ1) is 4.22. The van der Waals surface area contributed by atoms with Crippen LogP contribution < -0.4 is 0 Å². The van der Waals surface area contributed by atoms with E-state index in [-0.39, 0.29) is 0 Å². The topological polar surface area (TPSA) is 20.2 Å². The standard InChI is InChI=1S/C8H12O/c1-4-6-7(3)8(9)5-2/h2,6,8-9H,4H2,1,3H3/b7-6+. The summed E-state index contributed by atoms with van der Waals surface area (Å²) in [6.07, 6.45) is 7.11. The van der Waals surface area contributed by atoms with E-state index in [2.05, 4.69) is 5.92 Å². The van der Waals surface area contributed by atoms with Crippen LogP contribution in [0.25, 0.3) is 0 Å². The number of hydrogen-bond acceptors (Lipinski definition) is 1.